The standard InChI is InChI=1S/C16H31N.C6H13N.C5H13NSi.C4H11N.3H4Si/c1-16(2,3)17(14-10-6-4-7-11-14)15-12-8-5-9-13-15;7-6-4-2-1-3-5-6;7-6-5-3-1-2-4-5;1-2-3-4-5;;;/h14-15H,4-13H2,1-3H3;6H,1-5,7H2;5-6H,1-4H2,7H3;2-5H2,1H3;3*1H4. The van der Waals surface area contributed by atoms with Gasteiger partial charge in [0.25, 0.3) is 0 Å². The summed E-state index contributed by atoms with van der Waals surface area (Å²) < 4.78 is 0. The van der Waals surface area contributed by atoms with E-state index in [9.17, 15) is 0 Å². The van der Waals surface area contributed by atoms with E-state index in [0.717, 1.165) is 24.7 Å². The quantitative estimate of drug-likeness (QED) is 0.413. The number of nitrogens with one attached hydrogen (secondary N) is 1. The van der Waals surface area contributed by atoms with Crippen LogP contribution >= 0.6 is 0 Å². The molecule has 8 heteroatoms. The Labute approximate surface area is 262 Å². The van der Waals surface area contributed by atoms with Gasteiger partial charge in [-0.25, -0.2) is 0 Å². The van der Waals surface area contributed by atoms with Crippen LogP contribution in [0.3, 0.4) is 0 Å². The molecule has 4 saturated carbocycles. The molecule has 240 valence electrons. The van der Waals surface area contributed by atoms with Gasteiger partial charge in [-0.1, -0.05) is 84.0 Å². The van der Waals surface area contributed by atoms with E-state index in [-0.39, 0.29) is 32.9 Å². The van der Waals surface area contributed by atoms with E-state index in [4.69, 9.17) is 11.5 Å². The Morgan fingerprint density at radius 1 is 0.667 bits per heavy atom. The maximum absolute atomic E-state index is 5.63. The van der Waals surface area contributed by atoms with Gasteiger partial charge in [0.05, 0.1) is 10.4 Å². The highest BCUT2D eigenvalue weighted by Gasteiger charge is 2.35. The van der Waals surface area contributed by atoms with Crippen LogP contribution in [0.4, 0.5) is 0 Å². The van der Waals surface area contributed by atoms with Crippen LogP contribution in [0.5, 0.6) is 0 Å². The first-order chi connectivity index (χ1) is 17.3. The molecule has 4 nitrogen and oxygen atoms in total. The molecule has 4 aliphatic carbocycles. The second kappa shape index (κ2) is 27.5. The van der Waals surface area contributed by atoms with Crippen LogP contribution in [0.2, 0.25) is 0 Å². The lowest BCUT2D eigenvalue weighted by atomic mass is 9.85. The first kappa shape index (κ1) is 44.2. The molecule has 0 aromatic rings. The van der Waals surface area contributed by atoms with E-state index < -0.39 is 0 Å². The third kappa shape index (κ3) is 21.1. The molecule has 0 amide bonds. The van der Waals surface area contributed by atoms with E-state index in [1.54, 1.807) is 0 Å². The summed E-state index contributed by atoms with van der Waals surface area (Å²) in [4.78, 5) is 6.31. The lowest BCUT2D eigenvalue weighted by Crippen LogP contribution is -2.54. The van der Waals surface area contributed by atoms with Crippen LogP contribution in [0.1, 0.15) is 163 Å². The number of hydrogen-bond donors (Lipinski definition) is 3. The SMILES string of the molecule is CC(C)(C)N(C1CCCCC1)C1CCCCC1.CCCCN.NC1CCCCC1.[SiH3]NC1CCCC1.[SiH4].[SiH4].[SiH4]. The minimum absolute atomic E-state index is 0. The number of nitrogens with two attached hydrogens (primary N) is 2. The highest BCUT2D eigenvalue weighted by atomic mass is 28.2. The molecule has 0 saturated heterocycles. The van der Waals surface area contributed by atoms with Crippen LogP contribution in [0, 0.1) is 0 Å². The second-order valence-electron chi connectivity index (χ2n) is 13.0. The van der Waals surface area contributed by atoms with Gasteiger partial charge in [0.2, 0.25) is 0 Å². The fourth-order valence-electron chi connectivity index (χ4n) is 6.66. The normalized spacial score (nSPS) is 21.0. The average Bonchev–Trinajstić information content (AvgIpc) is 3.41. The average molecular weight is 621 g/mol. The Kier molecular flexibility index (Phi) is 31.2. The summed E-state index contributed by atoms with van der Waals surface area (Å²) in [6, 6.07) is 3.21. The van der Waals surface area contributed by atoms with Crippen molar-refractivity contribution in [3.63, 3.8) is 0 Å². The minimum atomic E-state index is 0. The van der Waals surface area contributed by atoms with Gasteiger partial charge in [-0.05, 0) is 124 Å². The number of rotatable bonds is 5. The van der Waals surface area contributed by atoms with Crippen molar-refractivity contribution in [1.29, 1.82) is 0 Å². The summed E-state index contributed by atoms with van der Waals surface area (Å²) in [6.07, 6.45) is 29.4. The molecule has 0 aromatic heterocycles. The van der Waals surface area contributed by atoms with Crippen LogP contribution in [-0.4, -0.2) is 84.5 Å². The van der Waals surface area contributed by atoms with Gasteiger partial charge < -0.3 is 16.4 Å². The van der Waals surface area contributed by atoms with Crippen LogP contribution in [0.25, 0.3) is 0 Å². The van der Waals surface area contributed by atoms with Crippen molar-refractivity contribution in [1.82, 2.24) is 9.88 Å². The van der Waals surface area contributed by atoms with Crippen molar-refractivity contribution in [2.45, 2.75) is 192 Å². The van der Waals surface area contributed by atoms with Crippen molar-refractivity contribution in [3.8, 4) is 0 Å². The second-order valence-corrected chi connectivity index (χ2v) is 13.5. The summed E-state index contributed by atoms with van der Waals surface area (Å²) in [6.45, 7) is 10.3. The Morgan fingerprint density at radius 3 is 1.23 bits per heavy atom. The molecule has 0 bridgehead atoms. The zero-order valence-electron chi connectivity index (χ0n) is 25.5. The summed E-state index contributed by atoms with van der Waals surface area (Å²) in [5.41, 5.74) is 11.1. The Hall–Kier alpha value is 0.708. The third-order valence-corrected chi connectivity index (χ3v) is 9.50. The zero-order chi connectivity index (χ0) is 26.7. The molecule has 5 N–H and O–H groups in total. The molecule has 4 aliphatic rings. The molecule has 0 aliphatic heterocycles. The van der Waals surface area contributed by atoms with E-state index in [0.29, 0.717) is 11.6 Å². The van der Waals surface area contributed by atoms with E-state index in [2.05, 4.69) is 37.6 Å². The molecule has 0 atom stereocenters. The third-order valence-electron chi connectivity index (χ3n) is 8.68. The molecule has 0 radical (unpaired) electrons. The predicted molar refractivity (Wildman–Crippen MR) is 200 cm³/mol. The Bertz CT molecular complexity index is 463. The van der Waals surface area contributed by atoms with Gasteiger partial charge in [-0.2, -0.15) is 0 Å². The van der Waals surface area contributed by atoms with Crippen molar-refractivity contribution in [3.05, 3.63) is 0 Å². The largest absolute Gasteiger partial charge is 0.343 e. The molecular formula is C31H80N4Si4. The fraction of sp³-hybridized carbons (Fsp3) is 1.00. The number of unbranched alkanes of at least 4 members (excludes halogenated alkanes) is 1. The monoisotopic (exact) mass is 621 g/mol. The molecule has 0 spiro atoms. The number of hydrogen-bond acceptors (Lipinski definition) is 4. The molecule has 4 fully saturated rings. The lowest BCUT2D eigenvalue weighted by molar-refractivity contribution is 0.00192. The molecule has 0 unspecified atom stereocenters. The summed E-state index contributed by atoms with van der Waals surface area (Å²) >= 11 is 0. The molecular weight excluding hydrogens is 541 g/mol. The maximum Gasteiger partial charge on any atom is 0.0752 e. The number of nitrogens with zero attached hydrogens (tertiary/aromatic N) is 1. The van der Waals surface area contributed by atoms with Crippen molar-refractivity contribution < 1.29 is 0 Å². The summed E-state index contributed by atoms with van der Waals surface area (Å²) in [7, 11) is 1.18. The van der Waals surface area contributed by atoms with Crippen LogP contribution < -0.4 is 16.4 Å². The first-order valence-electron chi connectivity index (χ1n) is 16.2. The molecule has 0 aromatic carbocycles. The zero-order valence-corrected chi connectivity index (χ0v) is 27.5. The molecule has 0 heterocycles. The van der Waals surface area contributed by atoms with E-state index in [1.807, 2.05) is 0 Å². The van der Waals surface area contributed by atoms with Crippen molar-refractivity contribution >= 4 is 43.3 Å². The van der Waals surface area contributed by atoms with Gasteiger partial charge >= 0.3 is 0 Å². The van der Waals surface area contributed by atoms with Gasteiger partial charge in [0.1, 0.15) is 0 Å². The lowest BCUT2D eigenvalue weighted by Gasteiger charge is -2.49. The van der Waals surface area contributed by atoms with Gasteiger partial charge in [0.15, 0.2) is 0 Å². The highest BCUT2D eigenvalue weighted by molar-refractivity contribution is 6.04. The van der Waals surface area contributed by atoms with Crippen molar-refractivity contribution in [2.24, 2.45) is 11.5 Å². The predicted octanol–water partition coefficient (Wildman–Crippen LogP) is 2.22. The fourth-order valence-corrected chi connectivity index (χ4v) is 7.24. The smallest absolute Gasteiger partial charge is 0.0752 e. The molecule has 4 rings (SSSR count). The maximum atomic E-state index is 5.63. The summed E-state index contributed by atoms with van der Waals surface area (Å²) in [5, 5.41) is 0. The Balaban J connectivity index is -0.000000494. The first-order valence-corrected chi connectivity index (χ1v) is 17.2. The van der Waals surface area contributed by atoms with E-state index >= 15 is 0 Å². The minimum Gasteiger partial charge on any atom is -0.343 e. The Morgan fingerprint density at radius 2 is 1.03 bits per heavy atom. The van der Waals surface area contributed by atoms with Crippen LogP contribution in [-0.2, 0) is 0 Å². The van der Waals surface area contributed by atoms with Crippen molar-refractivity contribution in [2.75, 3.05) is 6.54 Å². The molecule has 39 heavy (non-hydrogen) atoms. The van der Waals surface area contributed by atoms with Gasteiger partial charge in [-0.15, -0.1) is 0 Å². The topological polar surface area (TPSA) is 67.3 Å². The highest BCUT2D eigenvalue weighted by Crippen LogP contribution is 2.35. The van der Waals surface area contributed by atoms with Gasteiger partial charge in [-0.3, -0.25) is 4.90 Å². The van der Waals surface area contributed by atoms with E-state index in [1.165, 1.54) is 145 Å². The summed E-state index contributed by atoms with van der Waals surface area (Å²) in [5.74, 6) is 0. The van der Waals surface area contributed by atoms with Crippen LogP contribution in [0.15, 0.2) is 0 Å². The van der Waals surface area contributed by atoms with Gasteiger partial charge in [0, 0.05) is 23.7 Å².